The zero-order chi connectivity index (χ0) is 13.4. The first-order valence-electron chi connectivity index (χ1n) is 5.68. The van der Waals surface area contributed by atoms with Crippen molar-refractivity contribution in [1.29, 1.82) is 0 Å². The molecule has 0 fully saturated rings. The van der Waals surface area contributed by atoms with E-state index in [9.17, 15) is 9.90 Å². The number of aliphatic hydroxyl groups is 1. The van der Waals surface area contributed by atoms with Crippen molar-refractivity contribution in [3.8, 4) is 0 Å². The van der Waals surface area contributed by atoms with Gasteiger partial charge in [0.2, 0.25) is 0 Å². The Morgan fingerprint density at radius 2 is 2.42 bits per heavy atom. The number of aliphatic hydroxyl groups excluding tert-OH is 1. The third kappa shape index (κ3) is 2.27. The molecule has 8 heteroatoms. The number of nitrogens with zero attached hydrogens (tertiary/aromatic N) is 4. The molecular formula is C11H11N5O2S. The SMILES string of the molecule is CC(O)c1cn(Cc2nc3ccsc3c(=O)[nH]2)nn1. The van der Waals surface area contributed by atoms with Crippen LogP contribution in [-0.2, 0) is 6.54 Å². The largest absolute Gasteiger partial charge is 0.387 e. The van der Waals surface area contributed by atoms with Gasteiger partial charge >= 0.3 is 0 Å². The molecule has 3 aromatic heterocycles. The zero-order valence-corrected chi connectivity index (χ0v) is 10.9. The molecule has 0 aromatic carbocycles. The van der Waals surface area contributed by atoms with Crippen LogP contribution in [0, 0.1) is 0 Å². The third-order valence-electron chi connectivity index (χ3n) is 2.66. The van der Waals surface area contributed by atoms with Gasteiger partial charge in [-0.15, -0.1) is 16.4 Å². The molecule has 0 aliphatic rings. The minimum absolute atomic E-state index is 0.147. The summed E-state index contributed by atoms with van der Waals surface area (Å²) in [5.74, 6) is 0.512. The summed E-state index contributed by atoms with van der Waals surface area (Å²) in [7, 11) is 0. The third-order valence-corrected chi connectivity index (χ3v) is 3.56. The fourth-order valence-corrected chi connectivity index (χ4v) is 2.46. The number of H-pyrrole nitrogens is 1. The molecule has 0 aliphatic carbocycles. The van der Waals surface area contributed by atoms with Gasteiger partial charge in [0, 0.05) is 0 Å². The molecule has 0 amide bonds. The van der Waals surface area contributed by atoms with Gasteiger partial charge in [-0.3, -0.25) is 4.79 Å². The lowest BCUT2D eigenvalue weighted by Gasteiger charge is -2.00. The minimum Gasteiger partial charge on any atom is -0.387 e. The normalized spacial score (nSPS) is 12.9. The summed E-state index contributed by atoms with van der Waals surface area (Å²) in [6.45, 7) is 1.92. The molecular weight excluding hydrogens is 266 g/mol. The van der Waals surface area contributed by atoms with Crippen LogP contribution in [0.25, 0.3) is 10.2 Å². The quantitative estimate of drug-likeness (QED) is 0.733. The second-order valence-electron chi connectivity index (χ2n) is 4.16. The minimum atomic E-state index is -0.667. The fourth-order valence-electron chi connectivity index (χ4n) is 1.73. The molecule has 0 spiro atoms. The molecule has 2 N–H and O–H groups in total. The maximum Gasteiger partial charge on any atom is 0.268 e. The molecule has 0 aliphatic heterocycles. The van der Waals surface area contributed by atoms with E-state index in [1.165, 1.54) is 16.0 Å². The molecule has 1 unspecified atom stereocenters. The van der Waals surface area contributed by atoms with Crippen LogP contribution in [0.1, 0.15) is 24.5 Å². The Labute approximate surface area is 111 Å². The molecule has 7 nitrogen and oxygen atoms in total. The number of rotatable bonds is 3. The average molecular weight is 277 g/mol. The van der Waals surface area contributed by atoms with E-state index < -0.39 is 6.10 Å². The summed E-state index contributed by atoms with van der Waals surface area (Å²) in [5, 5.41) is 18.9. The van der Waals surface area contributed by atoms with E-state index in [0.29, 0.717) is 28.3 Å². The van der Waals surface area contributed by atoms with Crippen molar-refractivity contribution in [2.45, 2.75) is 19.6 Å². The number of hydrogen-bond donors (Lipinski definition) is 2. The number of thiophene rings is 1. The van der Waals surface area contributed by atoms with Gasteiger partial charge in [-0.25, -0.2) is 9.67 Å². The Kier molecular flexibility index (Phi) is 2.88. The van der Waals surface area contributed by atoms with Crippen LogP contribution in [0.2, 0.25) is 0 Å². The van der Waals surface area contributed by atoms with Gasteiger partial charge in [-0.2, -0.15) is 0 Å². The van der Waals surface area contributed by atoms with Crippen LogP contribution in [0.15, 0.2) is 22.4 Å². The number of nitrogens with one attached hydrogen (secondary N) is 1. The van der Waals surface area contributed by atoms with E-state index in [0.717, 1.165) is 0 Å². The average Bonchev–Trinajstić information content (AvgIpc) is 2.97. The number of hydrogen-bond acceptors (Lipinski definition) is 6. The van der Waals surface area contributed by atoms with Crippen molar-refractivity contribution >= 4 is 21.6 Å². The zero-order valence-electron chi connectivity index (χ0n) is 10.1. The van der Waals surface area contributed by atoms with Gasteiger partial charge in [-0.05, 0) is 18.4 Å². The van der Waals surface area contributed by atoms with Gasteiger partial charge in [0.25, 0.3) is 5.56 Å². The molecule has 0 bridgehead atoms. The summed E-state index contributed by atoms with van der Waals surface area (Å²) in [6.07, 6.45) is 0.961. The van der Waals surface area contributed by atoms with E-state index in [1.54, 1.807) is 19.2 Å². The fraction of sp³-hybridized carbons (Fsp3) is 0.273. The first-order chi connectivity index (χ1) is 9.13. The van der Waals surface area contributed by atoms with E-state index in [2.05, 4.69) is 20.3 Å². The predicted octanol–water partition coefficient (Wildman–Crippen LogP) is 0.678. The van der Waals surface area contributed by atoms with Crippen molar-refractivity contribution in [3.05, 3.63) is 39.5 Å². The maximum absolute atomic E-state index is 11.8. The van der Waals surface area contributed by atoms with Crippen LogP contribution in [-0.4, -0.2) is 30.1 Å². The molecule has 0 saturated carbocycles. The molecule has 98 valence electrons. The highest BCUT2D eigenvalue weighted by atomic mass is 32.1. The van der Waals surface area contributed by atoms with Gasteiger partial charge in [0.15, 0.2) is 0 Å². The number of aromatic amines is 1. The first-order valence-corrected chi connectivity index (χ1v) is 6.56. The summed E-state index contributed by atoms with van der Waals surface area (Å²) >= 11 is 1.36. The lowest BCUT2D eigenvalue weighted by molar-refractivity contribution is 0.194. The van der Waals surface area contributed by atoms with Gasteiger partial charge in [0.05, 0.1) is 17.8 Å². The topological polar surface area (TPSA) is 96.7 Å². The standard InChI is InChI=1S/C11H11N5O2S/c1-6(17)8-4-16(15-14-8)5-9-12-7-2-3-19-10(7)11(18)13-9/h2-4,6,17H,5H2,1H3,(H,12,13,18). The monoisotopic (exact) mass is 277 g/mol. The first kappa shape index (κ1) is 12.0. The molecule has 1 atom stereocenters. The smallest absolute Gasteiger partial charge is 0.268 e. The van der Waals surface area contributed by atoms with Crippen molar-refractivity contribution in [1.82, 2.24) is 25.0 Å². The highest BCUT2D eigenvalue weighted by Gasteiger charge is 2.09. The Bertz CT molecular complexity index is 773. The predicted molar refractivity (Wildman–Crippen MR) is 70.0 cm³/mol. The summed E-state index contributed by atoms with van der Waals surface area (Å²) in [5.41, 5.74) is 1.02. The summed E-state index contributed by atoms with van der Waals surface area (Å²) in [4.78, 5) is 18.9. The lowest BCUT2D eigenvalue weighted by Crippen LogP contribution is -2.13. The van der Waals surface area contributed by atoms with Crippen LogP contribution in [0.4, 0.5) is 0 Å². The van der Waals surface area contributed by atoms with Gasteiger partial charge in [0.1, 0.15) is 22.8 Å². The highest BCUT2D eigenvalue weighted by molar-refractivity contribution is 7.17. The van der Waals surface area contributed by atoms with Crippen molar-refractivity contribution < 1.29 is 5.11 Å². The van der Waals surface area contributed by atoms with Crippen LogP contribution >= 0.6 is 11.3 Å². The van der Waals surface area contributed by atoms with E-state index in [1.807, 2.05) is 5.38 Å². The number of aromatic nitrogens is 5. The van der Waals surface area contributed by atoms with Crippen molar-refractivity contribution in [3.63, 3.8) is 0 Å². The van der Waals surface area contributed by atoms with E-state index in [4.69, 9.17) is 0 Å². The molecule has 0 saturated heterocycles. The second-order valence-corrected chi connectivity index (χ2v) is 5.08. The Morgan fingerprint density at radius 3 is 3.16 bits per heavy atom. The van der Waals surface area contributed by atoms with Crippen LogP contribution in [0.3, 0.4) is 0 Å². The van der Waals surface area contributed by atoms with Gasteiger partial charge < -0.3 is 10.1 Å². The Morgan fingerprint density at radius 1 is 1.58 bits per heavy atom. The van der Waals surface area contributed by atoms with Crippen LogP contribution < -0.4 is 5.56 Å². The van der Waals surface area contributed by atoms with Gasteiger partial charge in [-0.1, -0.05) is 5.21 Å². The molecule has 3 aromatic rings. The van der Waals surface area contributed by atoms with E-state index in [-0.39, 0.29) is 5.56 Å². The van der Waals surface area contributed by atoms with Crippen molar-refractivity contribution in [2.75, 3.05) is 0 Å². The molecule has 3 rings (SSSR count). The Balaban J connectivity index is 1.93. The molecule has 0 radical (unpaired) electrons. The second kappa shape index (κ2) is 4.56. The Hall–Kier alpha value is -2.06. The van der Waals surface area contributed by atoms with Crippen molar-refractivity contribution in [2.24, 2.45) is 0 Å². The van der Waals surface area contributed by atoms with E-state index >= 15 is 0 Å². The molecule has 19 heavy (non-hydrogen) atoms. The maximum atomic E-state index is 11.8. The summed E-state index contributed by atoms with van der Waals surface area (Å²) in [6, 6.07) is 1.81. The molecule has 3 heterocycles. The lowest BCUT2D eigenvalue weighted by atomic mass is 10.3. The summed E-state index contributed by atoms with van der Waals surface area (Å²) < 4.78 is 2.14. The highest BCUT2D eigenvalue weighted by Crippen LogP contribution is 2.14. The number of fused-ring (bicyclic) bond motifs is 1. The van der Waals surface area contributed by atoms with Crippen LogP contribution in [0.5, 0.6) is 0 Å².